The first-order chi connectivity index (χ1) is 12.7. The highest BCUT2D eigenvalue weighted by atomic mass is 32.2. The van der Waals surface area contributed by atoms with Crippen LogP contribution in [0.15, 0.2) is 12.7 Å². The number of aromatic nitrogens is 4. The van der Waals surface area contributed by atoms with Crippen molar-refractivity contribution in [2.75, 3.05) is 12.3 Å². The standard InChI is InChI=1S/C12H19N6O7PS/c1-2-23-26(14,22)25-27-12(21)8-6(19)7(20)11(24-8)18-4-17-5-9(13)15-3-16-10(5)18/h3-4,6-8,11-12,19-21H,2H2,1H3,(H2,14,22)(H2,13,15,16)/t6-,7+,8-,11+,12?,26?/m0/s1. The minimum absolute atomic E-state index is 0.0481. The monoisotopic (exact) mass is 422 g/mol. The molecule has 27 heavy (non-hydrogen) atoms. The van der Waals surface area contributed by atoms with Gasteiger partial charge in [0.2, 0.25) is 0 Å². The van der Waals surface area contributed by atoms with E-state index in [2.05, 4.69) is 15.0 Å². The van der Waals surface area contributed by atoms with E-state index in [1.807, 2.05) is 0 Å². The molecule has 0 bridgehead atoms. The van der Waals surface area contributed by atoms with Crippen molar-refractivity contribution in [1.29, 1.82) is 0 Å². The van der Waals surface area contributed by atoms with Gasteiger partial charge in [-0.2, -0.15) is 0 Å². The van der Waals surface area contributed by atoms with E-state index in [4.69, 9.17) is 24.5 Å². The molecule has 0 aliphatic carbocycles. The second kappa shape index (κ2) is 7.95. The van der Waals surface area contributed by atoms with E-state index in [0.29, 0.717) is 17.6 Å². The molecule has 1 fully saturated rings. The van der Waals surface area contributed by atoms with Gasteiger partial charge in [-0.15, -0.1) is 0 Å². The molecular formula is C12H19N6O7PS. The summed E-state index contributed by atoms with van der Waals surface area (Å²) in [5.41, 5.74) is 10.1. The summed E-state index contributed by atoms with van der Waals surface area (Å²) in [4.78, 5) is 11.9. The van der Waals surface area contributed by atoms with Crippen molar-refractivity contribution in [1.82, 2.24) is 19.5 Å². The van der Waals surface area contributed by atoms with E-state index >= 15 is 0 Å². The number of hydrogen-bond donors (Lipinski definition) is 5. The van der Waals surface area contributed by atoms with Crippen LogP contribution in [0.1, 0.15) is 13.2 Å². The third-order valence-corrected chi connectivity index (χ3v) is 6.03. The number of nitrogen functional groups attached to an aromatic ring is 1. The van der Waals surface area contributed by atoms with Gasteiger partial charge in [0.25, 0.3) is 0 Å². The summed E-state index contributed by atoms with van der Waals surface area (Å²) in [6.45, 7) is 1.62. The van der Waals surface area contributed by atoms with Crippen molar-refractivity contribution < 1.29 is 33.1 Å². The third-order valence-electron chi connectivity index (χ3n) is 3.77. The first-order valence-electron chi connectivity index (χ1n) is 7.76. The molecule has 150 valence electrons. The summed E-state index contributed by atoms with van der Waals surface area (Å²) in [5, 5.41) is 30.7. The van der Waals surface area contributed by atoms with E-state index in [-0.39, 0.29) is 18.1 Å². The first-order valence-corrected chi connectivity index (χ1v) is 10.2. The van der Waals surface area contributed by atoms with Crippen molar-refractivity contribution in [3.05, 3.63) is 12.7 Å². The number of imidazole rings is 1. The number of hydrogen-bond acceptors (Lipinski definition) is 12. The number of anilines is 1. The minimum atomic E-state index is -3.87. The lowest BCUT2D eigenvalue weighted by Gasteiger charge is -2.21. The molecule has 1 aliphatic rings. The lowest BCUT2D eigenvalue weighted by molar-refractivity contribution is -0.0602. The molecule has 15 heteroatoms. The van der Waals surface area contributed by atoms with Gasteiger partial charge in [-0.05, 0) is 6.92 Å². The van der Waals surface area contributed by atoms with Crippen LogP contribution in [0.3, 0.4) is 0 Å². The highest BCUT2D eigenvalue weighted by Gasteiger charge is 2.48. The van der Waals surface area contributed by atoms with Gasteiger partial charge in [-0.1, -0.05) is 0 Å². The molecule has 13 nitrogen and oxygen atoms in total. The van der Waals surface area contributed by atoms with Gasteiger partial charge in [0, 0.05) is 12.0 Å². The number of nitrogens with two attached hydrogens (primary N) is 2. The van der Waals surface area contributed by atoms with Crippen LogP contribution >= 0.6 is 19.8 Å². The van der Waals surface area contributed by atoms with Crippen LogP contribution in [0.5, 0.6) is 0 Å². The van der Waals surface area contributed by atoms with Crippen molar-refractivity contribution in [2.24, 2.45) is 5.50 Å². The highest BCUT2D eigenvalue weighted by Crippen LogP contribution is 2.46. The smallest absolute Gasteiger partial charge is 0.387 e. The second-order valence-corrected chi connectivity index (χ2v) is 8.18. The molecule has 1 saturated heterocycles. The topological polar surface area (TPSA) is 201 Å². The Morgan fingerprint density at radius 2 is 2.15 bits per heavy atom. The van der Waals surface area contributed by atoms with E-state index in [0.717, 1.165) is 0 Å². The van der Waals surface area contributed by atoms with Gasteiger partial charge in [-0.3, -0.25) is 9.09 Å². The molecule has 2 aromatic heterocycles. The average Bonchev–Trinajstić information content (AvgIpc) is 3.16. The Labute approximate surface area is 157 Å². The Bertz CT molecular complexity index is 855. The van der Waals surface area contributed by atoms with E-state index < -0.39 is 37.7 Å². The fourth-order valence-electron chi connectivity index (χ4n) is 2.57. The summed E-state index contributed by atoms with van der Waals surface area (Å²) < 4.78 is 28.1. The van der Waals surface area contributed by atoms with Gasteiger partial charge < -0.3 is 25.8 Å². The van der Waals surface area contributed by atoms with Gasteiger partial charge in [0.1, 0.15) is 30.2 Å². The lowest BCUT2D eigenvalue weighted by Crippen LogP contribution is -2.37. The maximum atomic E-state index is 11.7. The van der Waals surface area contributed by atoms with Gasteiger partial charge >= 0.3 is 7.75 Å². The molecule has 3 rings (SSSR count). The molecule has 0 amide bonds. The maximum Gasteiger partial charge on any atom is 0.414 e. The summed E-state index contributed by atoms with van der Waals surface area (Å²) in [7, 11) is -3.87. The zero-order chi connectivity index (χ0) is 19.8. The number of aliphatic hydroxyl groups is 3. The second-order valence-electron chi connectivity index (χ2n) is 5.57. The summed E-state index contributed by atoms with van der Waals surface area (Å²) in [6, 6.07) is 0. The van der Waals surface area contributed by atoms with Crippen molar-refractivity contribution >= 4 is 36.8 Å². The van der Waals surface area contributed by atoms with Crippen LogP contribution in [0.4, 0.5) is 5.82 Å². The van der Waals surface area contributed by atoms with Crippen LogP contribution in [0, 0.1) is 0 Å². The third kappa shape index (κ3) is 4.08. The van der Waals surface area contributed by atoms with E-state index in [1.165, 1.54) is 17.2 Å². The quantitative estimate of drug-likeness (QED) is 0.209. The Kier molecular flexibility index (Phi) is 6.00. The fraction of sp³-hybridized carbons (Fsp3) is 0.583. The predicted octanol–water partition coefficient (Wildman–Crippen LogP) is -0.886. The molecule has 0 spiro atoms. The van der Waals surface area contributed by atoms with Gasteiger partial charge in [0.05, 0.1) is 12.9 Å². The molecule has 2 aromatic rings. The molecule has 0 aromatic carbocycles. The minimum Gasteiger partial charge on any atom is -0.387 e. The Hall–Kier alpha value is -1.35. The van der Waals surface area contributed by atoms with E-state index in [9.17, 15) is 19.9 Å². The molecule has 6 atom stereocenters. The maximum absolute atomic E-state index is 11.7. The average molecular weight is 422 g/mol. The first kappa shape index (κ1) is 20.4. The molecule has 3 heterocycles. The molecule has 0 radical (unpaired) electrons. The molecule has 7 N–H and O–H groups in total. The summed E-state index contributed by atoms with van der Waals surface area (Å²) in [6.07, 6.45) is -2.77. The zero-order valence-electron chi connectivity index (χ0n) is 14.0. The van der Waals surface area contributed by atoms with Crippen LogP contribution in [-0.2, 0) is 17.8 Å². The van der Waals surface area contributed by atoms with Crippen molar-refractivity contribution in [3.63, 3.8) is 0 Å². The number of ether oxygens (including phenoxy) is 1. The zero-order valence-corrected chi connectivity index (χ0v) is 15.7. The fourth-order valence-corrected chi connectivity index (χ4v) is 4.27. The largest absolute Gasteiger partial charge is 0.414 e. The molecular weight excluding hydrogens is 403 g/mol. The number of rotatable bonds is 7. The predicted molar refractivity (Wildman–Crippen MR) is 93.8 cm³/mol. The summed E-state index contributed by atoms with van der Waals surface area (Å²) in [5.74, 6) is 0.141. The highest BCUT2D eigenvalue weighted by molar-refractivity contribution is 7.98. The van der Waals surface area contributed by atoms with Crippen molar-refractivity contribution in [3.8, 4) is 0 Å². The molecule has 0 saturated carbocycles. The van der Waals surface area contributed by atoms with Gasteiger partial charge in [-0.25, -0.2) is 29.0 Å². The van der Waals surface area contributed by atoms with Gasteiger partial charge in [0.15, 0.2) is 23.1 Å². The number of fused-ring (bicyclic) bond motifs is 1. The van der Waals surface area contributed by atoms with Crippen LogP contribution < -0.4 is 11.2 Å². The Morgan fingerprint density at radius 1 is 1.41 bits per heavy atom. The normalized spacial score (nSPS) is 29.1. The lowest BCUT2D eigenvalue weighted by atomic mass is 10.1. The summed E-state index contributed by atoms with van der Waals surface area (Å²) >= 11 is 0.308. The molecule has 2 unspecified atom stereocenters. The number of nitrogens with zero attached hydrogens (tertiary/aromatic N) is 4. The molecule has 1 aliphatic heterocycles. The Morgan fingerprint density at radius 3 is 2.85 bits per heavy atom. The van der Waals surface area contributed by atoms with Crippen LogP contribution in [-0.4, -0.2) is 65.2 Å². The van der Waals surface area contributed by atoms with Crippen LogP contribution in [0.2, 0.25) is 0 Å². The Balaban J connectivity index is 1.75. The van der Waals surface area contributed by atoms with Crippen molar-refractivity contribution in [2.45, 2.75) is 36.9 Å². The number of aliphatic hydroxyl groups excluding tert-OH is 3. The van der Waals surface area contributed by atoms with E-state index in [1.54, 1.807) is 6.92 Å². The van der Waals surface area contributed by atoms with Crippen LogP contribution in [0.25, 0.3) is 11.2 Å². The SMILES string of the molecule is CCOP(N)(=O)OSC(O)[C@H]1O[C@@H](n2cnc3c(N)ncnc32)[C@H](O)[C@@H]1O.